The quantitative estimate of drug-likeness (QED) is 0.411. The maximum atomic E-state index is 15.1. The number of halogens is 3. The first-order valence-electron chi connectivity index (χ1n) is 11.2. The molecule has 2 fully saturated rings. The van der Waals surface area contributed by atoms with Gasteiger partial charge in [-0.3, -0.25) is 20.0 Å². The van der Waals surface area contributed by atoms with Gasteiger partial charge < -0.3 is 20.1 Å². The summed E-state index contributed by atoms with van der Waals surface area (Å²) in [6.45, 7) is 0.721. The number of nitrogens with one attached hydrogen (secondary N) is 3. The van der Waals surface area contributed by atoms with Crippen LogP contribution in [0.25, 0.3) is 0 Å². The van der Waals surface area contributed by atoms with Crippen LogP contribution in [0.4, 0.5) is 39.3 Å². The van der Waals surface area contributed by atoms with Gasteiger partial charge in [-0.05, 0) is 18.2 Å². The Morgan fingerprint density at radius 1 is 1.30 bits per heavy atom. The van der Waals surface area contributed by atoms with E-state index in [0.717, 1.165) is 4.90 Å². The minimum absolute atomic E-state index is 0.0439. The number of ether oxygens (including phenoxy) is 1. The van der Waals surface area contributed by atoms with Crippen molar-refractivity contribution in [3.8, 4) is 0 Å². The second-order valence-corrected chi connectivity index (χ2v) is 8.94. The maximum absolute atomic E-state index is 15.1. The molecule has 0 aliphatic carbocycles. The number of aromatic nitrogens is 1. The molecule has 200 valence electrons. The number of thiazole rings is 1. The third-order valence-corrected chi connectivity index (χ3v) is 6.42. The highest BCUT2D eigenvalue weighted by Crippen LogP contribution is 2.28. The van der Waals surface area contributed by atoms with Crippen LogP contribution in [0.15, 0.2) is 23.6 Å². The van der Waals surface area contributed by atoms with Crippen molar-refractivity contribution in [2.75, 3.05) is 54.4 Å². The predicted molar refractivity (Wildman–Crippen MR) is 127 cm³/mol. The van der Waals surface area contributed by atoms with Crippen LogP contribution in [0.3, 0.4) is 0 Å². The number of amides is 4. The third-order valence-electron chi connectivity index (χ3n) is 5.61. The topological polar surface area (TPSA) is 139 Å². The Kier molecular flexibility index (Phi) is 8.30. The zero-order valence-electron chi connectivity index (χ0n) is 19.3. The SMILES string of the molecule is O=C(NC[C@H]1CN(c2ccc(N3CCNN(C(=O)Nc4nc(CO)cs4)CC3)c(F)c2)C(=O)O1)C(F)F. The van der Waals surface area contributed by atoms with E-state index >= 15 is 4.39 Å². The van der Waals surface area contributed by atoms with Gasteiger partial charge >= 0.3 is 18.5 Å². The fourth-order valence-electron chi connectivity index (χ4n) is 3.79. The number of carbonyl (C=O) groups is 3. The number of benzene rings is 1. The summed E-state index contributed by atoms with van der Waals surface area (Å²) < 4.78 is 44.8. The summed E-state index contributed by atoms with van der Waals surface area (Å²) in [6, 6.07) is 3.76. The van der Waals surface area contributed by atoms with Gasteiger partial charge in [-0.15, -0.1) is 11.3 Å². The lowest BCUT2D eigenvalue weighted by Gasteiger charge is -2.24. The Bertz CT molecular complexity index is 1150. The first-order valence-corrected chi connectivity index (χ1v) is 12.1. The number of aliphatic hydroxyl groups is 1. The molecular weight excluding hydrogens is 519 g/mol. The number of alkyl halides is 2. The Balaban J connectivity index is 1.34. The van der Waals surface area contributed by atoms with E-state index in [0.29, 0.717) is 30.5 Å². The summed E-state index contributed by atoms with van der Waals surface area (Å²) >= 11 is 1.19. The molecule has 12 nitrogen and oxygen atoms in total. The van der Waals surface area contributed by atoms with Gasteiger partial charge in [-0.1, -0.05) is 0 Å². The van der Waals surface area contributed by atoms with Crippen molar-refractivity contribution in [2.45, 2.75) is 19.1 Å². The van der Waals surface area contributed by atoms with E-state index in [1.54, 1.807) is 10.3 Å². The van der Waals surface area contributed by atoms with Crippen LogP contribution in [-0.4, -0.2) is 84.9 Å². The molecule has 0 bridgehead atoms. The first kappa shape index (κ1) is 26.4. The normalized spacial score (nSPS) is 18.1. The van der Waals surface area contributed by atoms with E-state index in [2.05, 4.69) is 15.7 Å². The van der Waals surface area contributed by atoms with Gasteiger partial charge in [0.1, 0.15) is 11.9 Å². The summed E-state index contributed by atoms with van der Waals surface area (Å²) in [5, 5.41) is 17.1. The monoisotopic (exact) mass is 543 g/mol. The average Bonchev–Trinajstić information content (AvgIpc) is 3.40. The highest BCUT2D eigenvalue weighted by atomic mass is 32.1. The van der Waals surface area contributed by atoms with E-state index in [9.17, 15) is 23.2 Å². The molecule has 0 unspecified atom stereocenters. The number of carbonyl (C=O) groups excluding carboxylic acids is 3. The number of hydrogen-bond acceptors (Lipinski definition) is 9. The Hall–Kier alpha value is -3.63. The van der Waals surface area contributed by atoms with Crippen molar-refractivity contribution in [1.29, 1.82) is 0 Å². The van der Waals surface area contributed by atoms with Crippen molar-refractivity contribution >= 4 is 45.9 Å². The zero-order chi connectivity index (χ0) is 26.5. The zero-order valence-corrected chi connectivity index (χ0v) is 20.1. The summed E-state index contributed by atoms with van der Waals surface area (Å²) in [6.07, 6.45) is -4.81. The van der Waals surface area contributed by atoms with Crippen LogP contribution in [0.1, 0.15) is 5.69 Å². The molecule has 0 radical (unpaired) electrons. The van der Waals surface area contributed by atoms with Gasteiger partial charge in [0.2, 0.25) is 0 Å². The molecule has 4 amide bonds. The first-order chi connectivity index (χ1) is 17.7. The molecule has 1 aromatic carbocycles. The Morgan fingerprint density at radius 3 is 2.81 bits per heavy atom. The fourth-order valence-corrected chi connectivity index (χ4v) is 4.48. The van der Waals surface area contributed by atoms with E-state index < -0.39 is 36.4 Å². The number of aliphatic hydroxyl groups excluding tert-OH is 1. The molecule has 4 rings (SSSR count). The number of hydrogen-bond donors (Lipinski definition) is 4. The molecule has 37 heavy (non-hydrogen) atoms. The summed E-state index contributed by atoms with van der Waals surface area (Å²) in [5.74, 6) is -2.07. The van der Waals surface area contributed by atoms with Crippen LogP contribution >= 0.6 is 11.3 Å². The number of rotatable bonds is 7. The maximum Gasteiger partial charge on any atom is 0.414 e. The van der Waals surface area contributed by atoms with E-state index in [-0.39, 0.29) is 37.6 Å². The van der Waals surface area contributed by atoms with Crippen molar-refractivity contribution in [3.63, 3.8) is 0 Å². The molecule has 2 aliphatic rings. The van der Waals surface area contributed by atoms with Crippen LogP contribution in [-0.2, 0) is 16.1 Å². The summed E-state index contributed by atoms with van der Waals surface area (Å²) in [4.78, 5) is 42.8. The van der Waals surface area contributed by atoms with E-state index in [1.165, 1.54) is 34.5 Å². The van der Waals surface area contributed by atoms with Crippen LogP contribution in [0, 0.1) is 5.82 Å². The third kappa shape index (κ3) is 6.39. The predicted octanol–water partition coefficient (Wildman–Crippen LogP) is 1.34. The van der Waals surface area contributed by atoms with Crippen molar-refractivity contribution in [2.24, 2.45) is 0 Å². The minimum Gasteiger partial charge on any atom is -0.442 e. The number of cyclic esters (lactones) is 1. The smallest absolute Gasteiger partial charge is 0.414 e. The highest BCUT2D eigenvalue weighted by molar-refractivity contribution is 7.13. The molecule has 2 aliphatic heterocycles. The number of anilines is 3. The minimum atomic E-state index is -3.18. The van der Waals surface area contributed by atoms with Gasteiger partial charge in [-0.25, -0.2) is 24.4 Å². The van der Waals surface area contributed by atoms with Gasteiger partial charge in [0.25, 0.3) is 5.91 Å². The standard InChI is InChI=1S/C21H24F3N7O5S/c22-15-7-13(30-9-14(36-21(30)35)8-25-18(33)17(23)24)1-2-16(15)29-4-3-26-31(6-5-29)20(34)28-19-27-12(10-32)11-37-19/h1-2,7,11,14,17,26,32H,3-6,8-10H2,(H,25,33)(H,27,28,34)/t14-/m0/s1. The Morgan fingerprint density at radius 2 is 2.11 bits per heavy atom. The molecule has 4 N–H and O–H groups in total. The summed E-state index contributed by atoms with van der Waals surface area (Å²) in [5.41, 5.74) is 3.91. The molecule has 2 saturated heterocycles. The van der Waals surface area contributed by atoms with Gasteiger partial charge in [-0.2, -0.15) is 8.78 Å². The second-order valence-electron chi connectivity index (χ2n) is 8.08. The van der Waals surface area contributed by atoms with Crippen LogP contribution in [0.5, 0.6) is 0 Å². The molecule has 0 saturated carbocycles. The fraction of sp³-hybridized carbons (Fsp3) is 0.429. The molecule has 16 heteroatoms. The number of urea groups is 1. The number of nitrogens with zero attached hydrogens (tertiary/aromatic N) is 4. The van der Waals surface area contributed by atoms with Gasteiger partial charge in [0.15, 0.2) is 5.13 Å². The van der Waals surface area contributed by atoms with Gasteiger partial charge in [0.05, 0.1) is 43.3 Å². The van der Waals surface area contributed by atoms with E-state index in [4.69, 9.17) is 9.84 Å². The molecule has 1 atom stereocenters. The highest BCUT2D eigenvalue weighted by Gasteiger charge is 2.33. The molecular formula is C21H24F3N7O5S. The van der Waals surface area contributed by atoms with Crippen molar-refractivity contribution in [3.05, 3.63) is 35.1 Å². The lowest BCUT2D eigenvalue weighted by atomic mass is 10.2. The molecule has 0 spiro atoms. The van der Waals surface area contributed by atoms with Crippen LogP contribution in [0.2, 0.25) is 0 Å². The van der Waals surface area contributed by atoms with Crippen molar-refractivity contribution in [1.82, 2.24) is 20.7 Å². The largest absolute Gasteiger partial charge is 0.442 e. The lowest BCUT2D eigenvalue weighted by molar-refractivity contribution is -0.132. The Labute approximate surface area is 213 Å². The molecule has 2 aromatic rings. The van der Waals surface area contributed by atoms with Crippen LogP contribution < -0.4 is 25.9 Å². The average molecular weight is 544 g/mol. The van der Waals surface area contributed by atoms with Crippen molar-refractivity contribution < 1.29 is 37.4 Å². The van der Waals surface area contributed by atoms with E-state index in [1.807, 2.05) is 5.32 Å². The summed E-state index contributed by atoms with van der Waals surface area (Å²) in [7, 11) is 0. The number of hydrazine groups is 1. The molecule has 1 aromatic heterocycles. The second kappa shape index (κ2) is 11.6. The van der Waals surface area contributed by atoms with Gasteiger partial charge in [0, 0.05) is 25.0 Å². The molecule has 3 heterocycles. The lowest BCUT2D eigenvalue weighted by Crippen LogP contribution is -2.46.